The number of nitrogens with zero attached hydrogens (tertiary/aromatic N) is 1. The summed E-state index contributed by atoms with van der Waals surface area (Å²) in [5.74, 6) is -0.921. The van der Waals surface area contributed by atoms with Crippen molar-refractivity contribution >= 4 is 29.5 Å². The fraction of sp³-hybridized carbons (Fsp3) is 0.550. The Balaban J connectivity index is 1.94. The van der Waals surface area contributed by atoms with Gasteiger partial charge in [-0.2, -0.15) is 0 Å². The number of hydrogen-bond acceptors (Lipinski definition) is 4. The van der Waals surface area contributed by atoms with Gasteiger partial charge in [0.15, 0.2) is 0 Å². The number of carboxylic acids is 1. The second kappa shape index (κ2) is 9.26. The van der Waals surface area contributed by atoms with Crippen LogP contribution in [0, 0.1) is 11.3 Å². The number of rotatable bonds is 7. The minimum Gasteiger partial charge on any atom is -0.481 e. The first kappa shape index (κ1) is 21.3. The van der Waals surface area contributed by atoms with Crippen LogP contribution in [0.3, 0.4) is 0 Å². The van der Waals surface area contributed by atoms with Crippen LogP contribution in [0.4, 0.5) is 0 Å². The van der Waals surface area contributed by atoms with Gasteiger partial charge in [0, 0.05) is 18.7 Å². The van der Waals surface area contributed by atoms with Gasteiger partial charge in [-0.3, -0.25) is 14.4 Å². The molecule has 2 N–H and O–H groups in total. The fourth-order valence-electron chi connectivity index (χ4n) is 2.95. The van der Waals surface area contributed by atoms with E-state index in [1.165, 1.54) is 0 Å². The first-order chi connectivity index (χ1) is 12.7. The zero-order chi connectivity index (χ0) is 20.0. The number of carbonyl (C=O) groups is 3. The summed E-state index contributed by atoms with van der Waals surface area (Å²) < 4.78 is 0. The Hall–Kier alpha value is -2.02. The monoisotopic (exact) mass is 392 g/mol. The summed E-state index contributed by atoms with van der Waals surface area (Å²) in [4.78, 5) is 38.3. The number of benzene rings is 1. The Morgan fingerprint density at radius 2 is 1.93 bits per heavy atom. The number of aliphatic carboxylic acids is 1. The molecular formula is C20H28N2O4S. The first-order valence-corrected chi connectivity index (χ1v) is 10.2. The second-order valence-electron chi connectivity index (χ2n) is 8.09. The van der Waals surface area contributed by atoms with Gasteiger partial charge in [0.25, 0.3) is 0 Å². The highest BCUT2D eigenvalue weighted by Gasteiger charge is 2.36. The third kappa shape index (κ3) is 6.57. The summed E-state index contributed by atoms with van der Waals surface area (Å²) in [6.07, 6.45) is 0.728. The van der Waals surface area contributed by atoms with Crippen molar-refractivity contribution in [3.8, 4) is 0 Å². The van der Waals surface area contributed by atoms with Gasteiger partial charge in [-0.05, 0) is 17.4 Å². The molecule has 1 aromatic rings. The highest BCUT2D eigenvalue weighted by molar-refractivity contribution is 7.99. The van der Waals surface area contributed by atoms with Crippen molar-refractivity contribution in [2.75, 3.05) is 18.2 Å². The van der Waals surface area contributed by atoms with Gasteiger partial charge in [0.2, 0.25) is 11.8 Å². The highest BCUT2D eigenvalue weighted by Crippen LogP contribution is 2.26. The van der Waals surface area contributed by atoms with Crippen LogP contribution in [-0.4, -0.2) is 52.0 Å². The molecule has 0 spiro atoms. The lowest BCUT2D eigenvalue weighted by atomic mass is 9.91. The van der Waals surface area contributed by atoms with E-state index in [4.69, 9.17) is 0 Å². The van der Waals surface area contributed by atoms with Gasteiger partial charge in [-0.1, -0.05) is 51.1 Å². The Labute approximate surface area is 164 Å². The van der Waals surface area contributed by atoms with Crippen LogP contribution >= 0.6 is 11.8 Å². The number of thioether (sulfide) groups is 1. The molecule has 1 aliphatic rings. The Morgan fingerprint density at radius 3 is 2.52 bits per heavy atom. The van der Waals surface area contributed by atoms with Crippen LogP contribution in [-0.2, 0) is 20.8 Å². The van der Waals surface area contributed by atoms with Crippen molar-refractivity contribution in [3.63, 3.8) is 0 Å². The molecule has 27 heavy (non-hydrogen) atoms. The van der Waals surface area contributed by atoms with Gasteiger partial charge in [-0.25, -0.2) is 0 Å². The number of carboxylic acid groups (broad SMARTS) is 1. The first-order valence-electron chi connectivity index (χ1n) is 9.09. The van der Waals surface area contributed by atoms with E-state index in [-0.39, 0.29) is 23.8 Å². The van der Waals surface area contributed by atoms with E-state index in [0.29, 0.717) is 24.5 Å². The van der Waals surface area contributed by atoms with Crippen molar-refractivity contribution in [1.82, 2.24) is 10.2 Å². The maximum Gasteiger partial charge on any atom is 0.308 e. The van der Waals surface area contributed by atoms with E-state index in [1.54, 1.807) is 16.7 Å². The Morgan fingerprint density at radius 1 is 1.26 bits per heavy atom. The fourth-order valence-corrected chi connectivity index (χ4v) is 4.13. The second-order valence-corrected chi connectivity index (χ2v) is 9.09. The maximum atomic E-state index is 12.6. The molecule has 0 radical (unpaired) electrons. The summed E-state index contributed by atoms with van der Waals surface area (Å²) in [6.45, 7) is 6.02. The lowest BCUT2D eigenvalue weighted by Crippen LogP contribution is -2.49. The van der Waals surface area contributed by atoms with Crippen LogP contribution in [0.1, 0.15) is 32.8 Å². The molecule has 0 aromatic heterocycles. The minimum absolute atomic E-state index is 0.0354. The normalized spacial score (nSPS) is 18.2. The van der Waals surface area contributed by atoms with Crippen molar-refractivity contribution < 1.29 is 19.5 Å². The molecule has 148 valence electrons. The molecule has 0 bridgehead atoms. The standard InChI is InChI=1S/C20H28N2O4S/c1-20(2,3)10-17(23)22-13-27-12-16(22)18(24)21-11-15(19(25)26)9-14-7-5-4-6-8-14/h4-8,15-16H,9-13H2,1-3H3,(H,21,24)(H,25,26). The third-order valence-electron chi connectivity index (χ3n) is 4.38. The quantitative estimate of drug-likeness (QED) is 0.744. The zero-order valence-corrected chi connectivity index (χ0v) is 16.9. The van der Waals surface area contributed by atoms with E-state index in [0.717, 1.165) is 5.56 Å². The summed E-state index contributed by atoms with van der Waals surface area (Å²) >= 11 is 1.54. The van der Waals surface area contributed by atoms with Gasteiger partial charge in [-0.15, -0.1) is 11.8 Å². The van der Waals surface area contributed by atoms with Gasteiger partial charge >= 0.3 is 5.97 Å². The molecule has 1 saturated heterocycles. The van der Waals surface area contributed by atoms with Crippen molar-refractivity contribution in [2.45, 2.75) is 39.7 Å². The number of amides is 2. The molecule has 0 aliphatic carbocycles. The number of carbonyl (C=O) groups excluding carboxylic acids is 2. The van der Waals surface area contributed by atoms with E-state index in [2.05, 4.69) is 5.32 Å². The molecule has 1 fully saturated rings. The summed E-state index contributed by atoms with van der Waals surface area (Å²) in [7, 11) is 0. The van der Waals surface area contributed by atoms with Gasteiger partial charge < -0.3 is 15.3 Å². The summed E-state index contributed by atoms with van der Waals surface area (Å²) in [5, 5.41) is 12.2. The van der Waals surface area contributed by atoms with Gasteiger partial charge in [0.05, 0.1) is 11.8 Å². The third-order valence-corrected chi connectivity index (χ3v) is 5.40. The summed E-state index contributed by atoms with van der Waals surface area (Å²) in [5.41, 5.74) is 0.771. The molecule has 7 heteroatoms. The molecule has 0 saturated carbocycles. The number of hydrogen-bond donors (Lipinski definition) is 2. The van der Waals surface area contributed by atoms with E-state index >= 15 is 0 Å². The van der Waals surface area contributed by atoms with E-state index in [9.17, 15) is 19.5 Å². The van der Waals surface area contributed by atoms with Crippen molar-refractivity contribution in [2.24, 2.45) is 11.3 Å². The van der Waals surface area contributed by atoms with Crippen LogP contribution in [0.15, 0.2) is 30.3 Å². The van der Waals surface area contributed by atoms with Gasteiger partial charge in [0.1, 0.15) is 6.04 Å². The Kier molecular flexibility index (Phi) is 7.30. The zero-order valence-electron chi connectivity index (χ0n) is 16.1. The highest BCUT2D eigenvalue weighted by atomic mass is 32.2. The summed E-state index contributed by atoms with van der Waals surface area (Å²) in [6, 6.07) is 8.82. The van der Waals surface area contributed by atoms with E-state index < -0.39 is 17.9 Å². The molecule has 6 nitrogen and oxygen atoms in total. The van der Waals surface area contributed by atoms with Crippen LogP contribution in [0.25, 0.3) is 0 Å². The molecule has 2 amide bonds. The molecule has 1 aliphatic heterocycles. The van der Waals surface area contributed by atoms with Crippen molar-refractivity contribution in [1.29, 1.82) is 0 Å². The Bertz CT molecular complexity index is 672. The predicted octanol–water partition coefficient (Wildman–Crippen LogP) is 2.38. The average Bonchev–Trinajstić information content (AvgIpc) is 3.07. The largest absolute Gasteiger partial charge is 0.481 e. The van der Waals surface area contributed by atoms with Crippen LogP contribution in [0.2, 0.25) is 0 Å². The molecule has 2 atom stereocenters. The molecule has 1 aromatic carbocycles. The van der Waals surface area contributed by atoms with Crippen molar-refractivity contribution in [3.05, 3.63) is 35.9 Å². The molecule has 1 heterocycles. The average molecular weight is 393 g/mol. The minimum atomic E-state index is -0.944. The lowest BCUT2D eigenvalue weighted by molar-refractivity contribution is -0.142. The maximum absolute atomic E-state index is 12.6. The number of nitrogens with one attached hydrogen (secondary N) is 1. The predicted molar refractivity (Wildman–Crippen MR) is 106 cm³/mol. The molecular weight excluding hydrogens is 364 g/mol. The topological polar surface area (TPSA) is 86.7 Å². The van der Waals surface area contributed by atoms with E-state index in [1.807, 2.05) is 51.1 Å². The van der Waals surface area contributed by atoms with Crippen LogP contribution < -0.4 is 5.32 Å². The van der Waals surface area contributed by atoms with Crippen LogP contribution in [0.5, 0.6) is 0 Å². The lowest BCUT2D eigenvalue weighted by Gasteiger charge is -2.27. The smallest absolute Gasteiger partial charge is 0.308 e. The molecule has 2 rings (SSSR count). The SMILES string of the molecule is CC(C)(C)CC(=O)N1CSCC1C(=O)NCC(Cc1ccccc1)C(=O)O. The molecule has 2 unspecified atom stereocenters.